The zero-order valence-corrected chi connectivity index (χ0v) is 11.2. The molecule has 0 aromatic carbocycles. The first-order chi connectivity index (χ1) is 8.71. The van der Waals surface area contributed by atoms with Crippen LogP contribution in [0.15, 0.2) is 0 Å². The third-order valence-electron chi connectivity index (χ3n) is 3.27. The molecule has 0 aliphatic carbocycles. The number of carbonyl (C=O) groups excluding carboxylic acids is 1. The van der Waals surface area contributed by atoms with Crippen molar-refractivity contribution in [2.45, 2.75) is 39.0 Å². The van der Waals surface area contributed by atoms with E-state index in [4.69, 9.17) is 5.11 Å². The Morgan fingerprint density at radius 3 is 2.32 bits per heavy atom. The second-order valence-corrected chi connectivity index (χ2v) is 5.39. The van der Waals surface area contributed by atoms with E-state index in [2.05, 4.69) is 5.32 Å². The summed E-state index contributed by atoms with van der Waals surface area (Å²) in [4.78, 5) is 13.2. The fraction of sp³-hybridized carbons (Fsp3) is 0.917. The lowest BCUT2D eigenvalue weighted by Crippen LogP contribution is -2.48. The second-order valence-electron chi connectivity index (χ2n) is 5.39. The quantitative estimate of drug-likeness (QED) is 0.831. The number of halogens is 3. The van der Waals surface area contributed by atoms with Crippen molar-refractivity contribution in [3.63, 3.8) is 0 Å². The Morgan fingerprint density at radius 2 is 1.89 bits per heavy atom. The molecule has 0 bridgehead atoms. The largest absolute Gasteiger partial charge is 0.414 e. The molecule has 1 atom stereocenters. The van der Waals surface area contributed by atoms with E-state index in [0.29, 0.717) is 12.5 Å². The molecule has 4 nitrogen and oxygen atoms in total. The Hall–Kier alpha value is -0.980. The Kier molecular flexibility index (Phi) is 5.46. The number of alkyl halides is 3. The standard InChI is InChI=1S/C12H21F3N2O2/c1-8(2)7-16-11(19)17-5-3-9(4-6-17)10(18)12(13,14)15/h8-10,18H,3-7H2,1-2H3,(H,16,19). The molecular weight excluding hydrogens is 261 g/mol. The molecule has 7 heteroatoms. The summed E-state index contributed by atoms with van der Waals surface area (Å²) < 4.78 is 37.1. The number of rotatable bonds is 3. The van der Waals surface area contributed by atoms with Crippen molar-refractivity contribution in [1.82, 2.24) is 10.2 Å². The first-order valence-electron chi connectivity index (χ1n) is 6.49. The van der Waals surface area contributed by atoms with E-state index in [0.717, 1.165) is 0 Å². The Bertz CT molecular complexity index is 300. The van der Waals surface area contributed by atoms with Gasteiger partial charge in [-0.15, -0.1) is 0 Å². The summed E-state index contributed by atoms with van der Waals surface area (Å²) in [5.74, 6) is -0.484. The van der Waals surface area contributed by atoms with Crippen molar-refractivity contribution in [2.24, 2.45) is 11.8 Å². The van der Waals surface area contributed by atoms with Gasteiger partial charge in [0.25, 0.3) is 0 Å². The fourth-order valence-corrected chi connectivity index (χ4v) is 2.09. The van der Waals surface area contributed by atoms with Crippen molar-refractivity contribution < 1.29 is 23.1 Å². The Balaban J connectivity index is 2.38. The molecule has 0 radical (unpaired) electrons. The minimum atomic E-state index is -4.58. The van der Waals surface area contributed by atoms with Gasteiger partial charge in [0.15, 0.2) is 6.10 Å². The number of hydrogen-bond donors (Lipinski definition) is 2. The molecule has 19 heavy (non-hydrogen) atoms. The normalized spacial score (nSPS) is 19.6. The summed E-state index contributed by atoms with van der Waals surface area (Å²) in [6.45, 7) is 4.98. The van der Waals surface area contributed by atoms with Gasteiger partial charge < -0.3 is 15.3 Å². The zero-order chi connectivity index (χ0) is 14.6. The maximum Gasteiger partial charge on any atom is 0.414 e. The number of piperidine rings is 1. The summed E-state index contributed by atoms with van der Waals surface area (Å²) in [7, 11) is 0. The number of nitrogens with one attached hydrogen (secondary N) is 1. The number of aliphatic hydroxyl groups is 1. The molecule has 1 rings (SSSR count). The van der Waals surface area contributed by atoms with Gasteiger partial charge >= 0.3 is 12.2 Å². The maximum atomic E-state index is 12.4. The van der Waals surface area contributed by atoms with Crippen LogP contribution in [-0.2, 0) is 0 Å². The summed E-state index contributed by atoms with van der Waals surface area (Å²) in [6, 6.07) is -0.242. The molecule has 0 aromatic rings. The Morgan fingerprint density at radius 1 is 1.37 bits per heavy atom. The first kappa shape index (κ1) is 16.1. The van der Waals surface area contributed by atoms with Crippen LogP contribution in [0.5, 0.6) is 0 Å². The molecule has 1 fully saturated rings. The first-order valence-corrected chi connectivity index (χ1v) is 6.49. The molecule has 1 unspecified atom stereocenters. The highest BCUT2D eigenvalue weighted by Crippen LogP contribution is 2.31. The zero-order valence-electron chi connectivity index (χ0n) is 11.2. The highest BCUT2D eigenvalue weighted by Gasteiger charge is 2.44. The molecule has 1 saturated heterocycles. The third kappa shape index (κ3) is 4.89. The fourth-order valence-electron chi connectivity index (χ4n) is 2.09. The van der Waals surface area contributed by atoms with Crippen LogP contribution < -0.4 is 5.32 Å². The van der Waals surface area contributed by atoms with Crippen LogP contribution in [0.2, 0.25) is 0 Å². The molecule has 0 spiro atoms. The van der Waals surface area contributed by atoms with Crippen LogP contribution in [0.3, 0.4) is 0 Å². The summed E-state index contributed by atoms with van der Waals surface area (Å²) >= 11 is 0. The number of hydrogen-bond acceptors (Lipinski definition) is 2. The van der Waals surface area contributed by atoms with Crippen LogP contribution in [0.4, 0.5) is 18.0 Å². The van der Waals surface area contributed by atoms with Crippen LogP contribution in [0.25, 0.3) is 0 Å². The second kappa shape index (κ2) is 6.45. The smallest absolute Gasteiger partial charge is 0.383 e. The van der Waals surface area contributed by atoms with Gasteiger partial charge in [-0.3, -0.25) is 0 Å². The molecule has 2 N–H and O–H groups in total. The summed E-state index contributed by atoms with van der Waals surface area (Å²) in [5.41, 5.74) is 0. The molecule has 1 heterocycles. The minimum Gasteiger partial charge on any atom is -0.383 e. The van der Waals surface area contributed by atoms with Gasteiger partial charge in [-0.1, -0.05) is 13.8 Å². The molecule has 1 aliphatic rings. The predicted molar refractivity (Wildman–Crippen MR) is 64.6 cm³/mol. The van der Waals surface area contributed by atoms with Gasteiger partial charge in [-0.05, 0) is 24.7 Å². The summed E-state index contributed by atoms with van der Waals surface area (Å²) in [6.07, 6.45) is -6.51. The van der Waals surface area contributed by atoms with Gasteiger partial charge in [-0.2, -0.15) is 13.2 Å². The van der Waals surface area contributed by atoms with Crippen LogP contribution >= 0.6 is 0 Å². The number of nitrogens with zero attached hydrogens (tertiary/aromatic N) is 1. The lowest BCUT2D eigenvalue weighted by atomic mass is 9.91. The lowest BCUT2D eigenvalue weighted by Gasteiger charge is -2.34. The van der Waals surface area contributed by atoms with Gasteiger partial charge in [0.1, 0.15) is 0 Å². The van der Waals surface area contributed by atoms with E-state index in [1.165, 1.54) is 4.90 Å². The molecule has 112 valence electrons. The highest BCUT2D eigenvalue weighted by atomic mass is 19.4. The van der Waals surface area contributed by atoms with E-state index in [1.807, 2.05) is 13.8 Å². The molecule has 0 aromatic heterocycles. The molecule has 2 amide bonds. The maximum absolute atomic E-state index is 12.4. The molecule has 1 aliphatic heterocycles. The monoisotopic (exact) mass is 282 g/mol. The van der Waals surface area contributed by atoms with E-state index in [1.54, 1.807) is 0 Å². The number of urea groups is 1. The van der Waals surface area contributed by atoms with Crippen molar-refractivity contribution in [3.8, 4) is 0 Å². The number of carbonyl (C=O) groups is 1. The minimum absolute atomic E-state index is 0.176. The van der Waals surface area contributed by atoms with E-state index in [9.17, 15) is 18.0 Å². The van der Waals surface area contributed by atoms with E-state index in [-0.39, 0.29) is 32.0 Å². The van der Waals surface area contributed by atoms with Gasteiger partial charge in [0.2, 0.25) is 0 Å². The van der Waals surface area contributed by atoms with Crippen molar-refractivity contribution in [1.29, 1.82) is 0 Å². The predicted octanol–water partition coefficient (Wildman–Crippen LogP) is 1.99. The van der Waals surface area contributed by atoms with Gasteiger partial charge in [0, 0.05) is 19.6 Å². The number of amides is 2. The van der Waals surface area contributed by atoms with E-state index < -0.39 is 18.2 Å². The summed E-state index contributed by atoms with van der Waals surface area (Å²) in [5, 5.41) is 11.9. The average Bonchev–Trinajstić information content (AvgIpc) is 2.34. The van der Waals surface area contributed by atoms with Crippen LogP contribution in [0.1, 0.15) is 26.7 Å². The van der Waals surface area contributed by atoms with Gasteiger partial charge in [0.05, 0.1) is 0 Å². The van der Waals surface area contributed by atoms with E-state index >= 15 is 0 Å². The van der Waals surface area contributed by atoms with Crippen LogP contribution in [0, 0.1) is 11.8 Å². The SMILES string of the molecule is CC(C)CNC(=O)N1CCC(C(O)C(F)(F)F)CC1. The average molecular weight is 282 g/mol. The number of likely N-dealkylation sites (tertiary alicyclic amines) is 1. The van der Waals surface area contributed by atoms with Gasteiger partial charge in [-0.25, -0.2) is 4.79 Å². The van der Waals surface area contributed by atoms with Crippen LogP contribution in [-0.4, -0.2) is 48.0 Å². The van der Waals surface area contributed by atoms with Crippen molar-refractivity contribution in [3.05, 3.63) is 0 Å². The lowest BCUT2D eigenvalue weighted by molar-refractivity contribution is -0.222. The highest BCUT2D eigenvalue weighted by molar-refractivity contribution is 5.74. The number of aliphatic hydroxyl groups excluding tert-OH is 1. The topological polar surface area (TPSA) is 52.6 Å². The van der Waals surface area contributed by atoms with Crippen molar-refractivity contribution in [2.75, 3.05) is 19.6 Å². The molecule has 0 saturated carbocycles. The molecular formula is C12H21F3N2O2. The third-order valence-corrected chi connectivity index (χ3v) is 3.27. The van der Waals surface area contributed by atoms with Crippen molar-refractivity contribution >= 4 is 6.03 Å². The Labute approximate surface area is 111 Å².